The molecule has 2 aliphatic rings. The van der Waals surface area contributed by atoms with Gasteiger partial charge < -0.3 is 10.1 Å². The fraction of sp³-hybridized carbons (Fsp3) is 0.292. The summed E-state index contributed by atoms with van der Waals surface area (Å²) in [7, 11) is 0. The first-order chi connectivity index (χ1) is 15.7. The summed E-state index contributed by atoms with van der Waals surface area (Å²) in [5, 5.41) is 3.19. The van der Waals surface area contributed by atoms with Crippen LogP contribution in [0.1, 0.15) is 18.9 Å². The van der Waals surface area contributed by atoms with Gasteiger partial charge >= 0.3 is 6.18 Å². The van der Waals surface area contributed by atoms with Crippen molar-refractivity contribution < 1.29 is 27.1 Å². The van der Waals surface area contributed by atoms with E-state index in [1.54, 1.807) is 25.3 Å². The number of nitrogens with zero attached hydrogens (tertiary/aromatic N) is 2. The van der Waals surface area contributed by atoms with Gasteiger partial charge in [0.1, 0.15) is 23.5 Å². The molecule has 0 spiro atoms. The monoisotopic (exact) mass is 457 g/mol. The van der Waals surface area contributed by atoms with Crippen LogP contribution >= 0.6 is 0 Å². The molecule has 9 heteroatoms. The van der Waals surface area contributed by atoms with E-state index in [4.69, 9.17) is 4.74 Å². The number of ether oxygens (including phenoxy) is 1. The molecule has 2 aliphatic carbocycles. The number of allylic oxidation sites excluding steroid dienone is 1. The number of amides is 1. The number of halogens is 4. The number of pyridine rings is 2. The first kappa shape index (κ1) is 21.4. The fourth-order valence-corrected chi connectivity index (χ4v) is 4.53. The van der Waals surface area contributed by atoms with E-state index in [0.29, 0.717) is 29.3 Å². The third kappa shape index (κ3) is 4.15. The quantitative estimate of drug-likeness (QED) is 0.412. The Morgan fingerprint density at radius 1 is 1.18 bits per heavy atom. The van der Waals surface area contributed by atoms with Crippen LogP contribution in [0.15, 0.2) is 60.4 Å². The molecule has 33 heavy (non-hydrogen) atoms. The number of carbonyl (C=O) groups is 1. The summed E-state index contributed by atoms with van der Waals surface area (Å²) < 4.78 is 57.7. The van der Waals surface area contributed by atoms with Gasteiger partial charge in [-0.3, -0.25) is 9.78 Å². The molecule has 0 bridgehead atoms. The van der Waals surface area contributed by atoms with Crippen LogP contribution in [0.2, 0.25) is 0 Å². The highest BCUT2D eigenvalue weighted by Gasteiger charge is 2.53. The largest absolute Gasteiger partial charge is 0.486 e. The molecule has 0 saturated heterocycles. The summed E-state index contributed by atoms with van der Waals surface area (Å²) in [6.45, 7) is 1.79. The van der Waals surface area contributed by atoms with Crippen molar-refractivity contribution in [3.05, 3.63) is 71.8 Å². The third-order valence-corrected chi connectivity index (χ3v) is 6.24. The number of aromatic nitrogens is 2. The maximum atomic E-state index is 13.7. The van der Waals surface area contributed by atoms with Crippen molar-refractivity contribution in [2.75, 3.05) is 5.32 Å². The molecular weight excluding hydrogens is 438 g/mol. The number of nitrogens with one attached hydrogen (secondary N) is 1. The molecule has 0 aliphatic heterocycles. The molecule has 1 N–H and O–H groups in total. The van der Waals surface area contributed by atoms with E-state index in [2.05, 4.69) is 15.3 Å². The van der Waals surface area contributed by atoms with Crippen molar-refractivity contribution in [1.82, 2.24) is 9.97 Å². The van der Waals surface area contributed by atoms with Crippen molar-refractivity contribution in [2.45, 2.75) is 25.6 Å². The number of anilines is 1. The highest BCUT2D eigenvalue weighted by Crippen LogP contribution is 2.57. The van der Waals surface area contributed by atoms with E-state index in [1.807, 2.05) is 6.08 Å². The van der Waals surface area contributed by atoms with Gasteiger partial charge in [0.15, 0.2) is 0 Å². The highest BCUT2D eigenvalue weighted by molar-refractivity contribution is 5.92. The maximum Gasteiger partial charge on any atom is 0.417 e. The second-order valence-electron chi connectivity index (χ2n) is 8.37. The predicted molar refractivity (Wildman–Crippen MR) is 113 cm³/mol. The van der Waals surface area contributed by atoms with Crippen LogP contribution in [0.3, 0.4) is 0 Å². The van der Waals surface area contributed by atoms with Crippen molar-refractivity contribution in [2.24, 2.45) is 17.8 Å². The Morgan fingerprint density at radius 3 is 2.67 bits per heavy atom. The minimum atomic E-state index is -4.48. The van der Waals surface area contributed by atoms with Gasteiger partial charge in [-0.25, -0.2) is 9.37 Å². The molecule has 1 saturated carbocycles. The molecule has 2 unspecified atom stereocenters. The lowest BCUT2D eigenvalue weighted by molar-refractivity contribution is -0.137. The van der Waals surface area contributed by atoms with E-state index < -0.39 is 11.7 Å². The molecule has 1 aromatic carbocycles. The minimum absolute atomic E-state index is 0.0610. The van der Waals surface area contributed by atoms with Crippen molar-refractivity contribution >= 4 is 22.6 Å². The summed E-state index contributed by atoms with van der Waals surface area (Å²) in [6, 6.07) is 8.08. The predicted octanol–water partition coefficient (Wildman–Crippen LogP) is 5.39. The van der Waals surface area contributed by atoms with Crippen LogP contribution in [-0.4, -0.2) is 22.0 Å². The van der Waals surface area contributed by atoms with Gasteiger partial charge in [-0.2, -0.15) is 13.2 Å². The van der Waals surface area contributed by atoms with Gasteiger partial charge in [0, 0.05) is 23.7 Å². The van der Waals surface area contributed by atoms with E-state index >= 15 is 0 Å². The Hall–Kier alpha value is -3.49. The van der Waals surface area contributed by atoms with Crippen LogP contribution in [-0.2, 0) is 11.0 Å². The summed E-state index contributed by atoms with van der Waals surface area (Å²) in [6.07, 6.45) is 0.364. The molecule has 1 amide bonds. The number of alkyl halides is 3. The number of fused-ring (bicyclic) bond motifs is 2. The van der Waals surface area contributed by atoms with Gasteiger partial charge in [-0.1, -0.05) is 12.5 Å². The zero-order chi connectivity index (χ0) is 23.3. The molecule has 170 valence electrons. The number of hydrogen-bond acceptors (Lipinski definition) is 4. The lowest BCUT2D eigenvalue weighted by Gasteiger charge is -2.17. The topological polar surface area (TPSA) is 64.1 Å². The Kier molecular flexibility index (Phi) is 5.07. The van der Waals surface area contributed by atoms with Crippen LogP contribution < -0.4 is 10.1 Å². The zero-order valence-corrected chi connectivity index (χ0v) is 17.4. The van der Waals surface area contributed by atoms with Gasteiger partial charge in [0.2, 0.25) is 5.91 Å². The van der Waals surface area contributed by atoms with E-state index in [0.717, 1.165) is 17.7 Å². The van der Waals surface area contributed by atoms with Gasteiger partial charge in [-0.05, 0) is 60.7 Å². The molecule has 2 heterocycles. The fourth-order valence-electron chi connectivity index (χ4n) is 4.53. The number of hydrogen-bond donors (Lipinski definition) is 1. The van der Waals surface area contributed by atoms with Crippen molar-refractivity contribution in [1.29, 1.82) is 0 Å². The maximum absolute atomic E-state index is 13.7. The van der Waals surface area contributed by atoms with Crippen LogP contribution in [0.25, 0.3) is 10.9 Å². The Balaban J connectivity index is 1.22. The standard InChI is InChI=1S/C24H19F4N3O2/c1-12(23(32)31-21-5-2-13(11-30-21)24(26,27)28)22-16-9-15(10-17(16)22)33-20-6-7-29-19-4-3-14(25)8-18(19)20/h2-9,11-12,15,17,22H,10H2,1H3,(H,30,31,32)/t12?,15?,17-,22-/m0/s1. The molecule has 5 nitrogen and oxygen atoms in total. The second-order valence-corrected chi connectivity index (χ2v) is 8.37. The van der Waals surface area contributed by atoms with Crippen molar-refractivity contribution in [3.8, 4) is 5.75 Å². The molecule has 0 radical (unpaired) electrons. The SMILES string of the molecule is CC(C(=O)Nc1ccc(C(F)(F)F)cn1)[C@H]1C2=CC(Oc3ccnc4ccc(F)cc34)C[C@@H]21. The summed E-state index contributed by atoms with van der Waals surface area (Å²) in [5.41, 5.74) is 0.906. The average molecular weight is 457 g/mol. The smallest absolute Gasteiger partial charge is 0.417 e. The van der Waals surface area contributed by atoms with E-state index in [9.17, 15) is 22.4 Å². The number of carbonyl (C=O) groups excluding carboxylic acids is 1. The summed E-state index contributed by atoms with van der Waals surface area (Å²) >= 11 is 0. The first-order valence-corrected chi connectivity index (χ1v) is 10.5. The summed E-state index contributed by atoms with van der Waals surface area (Å²) in [4.78, 5) is 20.5. The van der Waals surface area contributed by atoms with Crippen LogP contribution in [0.5, 0.6) is 5.75 Å². The molecule has 3 aromatic rings. The Labute approximate surface area is 186 Å². The molecular formula is C24H19F4N3O2. The van der Waals surface area contributed by atoms with Gasteiger partial charge in [-0.15, -0.1) is 0 Å². The van der Waals surface area contributed by atoms with E-state index in [1.165, 1.54) is 12.1 Å². The second kappa shape index (κ2) is 7.83. The molecule has 2 aromatic heterocycles. The summed E-state index contributed by atoms with van der Waals surface area (Å²) in [5.74, 6) is -0.115. The average Bonchev–Trinajstić information content (AvgIpc) is 3.27. The lowest BCUT2D eigenvalue weighted by Crippen LogP contribution is -2.24. The Morgan fingerprint density at radius 2 is 2.00 bits per heavy atom. The molecule has 5 rings (SSSR count). The number of benzene rings is 1. The molecule has 1 fully saturated rings. The van der Waals surface area contributed by atoms with Crippen molar-refractivity contribution in [3.63, 3.8) is 0 Å². The lowest BCUT2D eigenvalue weighted by atomic mass is 9.99. The van der Waals surface area contributed by atoms with Gasteiger partial charge in [0.25, 0.3) is 0 Å². The highest BCUT2D eigenvalue weighted by atomic mass is 19.4. The normalized spacial score (nSPS) is 22.5. The minimum Gasteiger partial charge on any atom is -0.486 e. The Bertz CT molecular complexity index is 1260. The van der Waals surface area contributed by atoms with Crippen LogP contribution in [0, 0.1) is 23.6 Å². The first-order valence-electron chi connectivity index (χ1n) is 10.5. The number of rotatable bonds is 5. The van der Waals surface area contributed by atoms with Crippen LogP contribution in [0.4, 0.5) is 23.4 Å². The molecule has 4 atom stereocenters. The third-order valence-electron chi connectivity index (χ3n) is 6.24. The zero-order valence-electron chi connectivity index (χ0n) is 17.4. The van der Waals surface area contributed by atoms with Gasteiger partial charge in [0.05, 0.1) is 11.1 Å². The van der Waals surface area contributed by atoms with E-state index in [-0.39, 0.29) is 41.4 Å².